The fourth-order valence-electron chi connectivity index (χ4n) is 2.09. The molecule has 0 saturated heterocycles. The maximum atomic E-state index is 5.22. The van der Waals surface area contributed by atoms with Crippen LogP contribution in [0.2, 0.25) is 0 Å². The highest BCUT2D eigenvalue weighted by atomic mass is 16.5. The van der Waals surface area contributed by atoms with E-state index in [2.05, 4.69) is 30.3 Å². The van der Waals surface area contributed by atoms with Crippen molar-refractivity contribution < 1.29 is 9.47 Å². The molecule has 0 aromatic heterocycles. The van der Waals surface area contributed by atoms with Crippen molar-refractivity contribution in [2.24, 2.45) is 0 Å². The van der Waals surface area contributed by atoms with Crippen molar-refractivity contribution in [3.63, 3.8) is 0 Å². The number of hydrogen-bond acceptors (Lipinski definition) is 2. The predicted octanol–water partition coefficient (Wildman–Crippen LogP) is 4.71. The van der Waals surface area contributed by atoms with E-state index in [0.717, 1.165) is 22.6 Å². The van der Waals surface area contributed by atoms with Crippen molar-refractivity contribution in [2.75, 3.05) is 14.2 Å². The van der Waals surface area contributed by atoms with Gasteiger partial charge in [-0.05, 0) is 47.9 Å². The minimum absolute atomic E-state index is 0.860. The lowest BCUT2D eigenvalue weighted by Crippen LogP contribution is -1.90. The van der Waals surface area contributed by atoms with Crippen LogP contribution in [0.5, 0.6) is 11.5 Å². The van der Waals surface area contributed by atoms with E-state index in [4.69, 9.17) is 9.47 Å². The normalized spacial score (nSPS) is 10.4. The van der Waals surface area contributed by atoms with Crippen LogP contribution >= 0.6 is 0 Å². The summed E-state index contributed by atoms with van der Waals surface area (Å²) in [5.41, 5.74) is 3.47. The Balaban J connectivity index is 2.41. The highest BCUT2D eigenvalue weighted by molar-refractivity contribution is 5.81. The van der Waals surface area contributed by atoms with Gasteiger partial charge in [0.15, 0.2) is 0 Å². The summed E-state index contributed by atoms with van der Waals surface area (Å²) >= 11 is 0. The second kappa shape index (κ2) is 7.34. The third-order valence-electron chi connectivity index (χ3n) is 3.26. The van der Waals surface area contributed by atoms with Gasteiger partial charge in [-0.25, -0.2) is 0 Å². The van der Waals surface area contributed by atoms with Crippen LogP contribution in [0.4, 0.5) is 0 Å². The van der Waals surface area contributed by atoms with E-state index in [0.29, 0.717) is 0 Å². The molecule has 0 spiro atoms. The maximum absolute atomic E-state index is 5.22. The van der Waals surface area contributed by atoms with Gasteiger partial charge in [-0.15, -0.1) is 0 Å². The Kier molecular flexibility index (Phi) is 5.22. The molecule has 0 fully saturated rings. The Hall–Kier alpha value is -2.48. The molecule has 2 nitrogen and oxygen atoms in total. The molecule has 0 N–H and O–H groups in total. The van der Waals surface area contributed by atoms with Crippen LogP contribution in [0, 0.1) is 0 Å². The van der Waals surface area contributed by atoms with Crippen molar-refractivity contribution in [3.8, 4) is 11.5 Å². The zero-order chi connectivity index (χ0) is 15.1. The molecule has 0 aliphatic heterocycles. The second-order valence-corrected chi connectivity index (χ2v) is 4.56. The first kappa shape index (κ1) is 14.9. The largest absolute Gasteiger partial charge is 0.497 e. The lowest BCUT2D eigenvalue weighted by molar-refractivity contribution is 0.414. The summed E-state index contributed by atoms with van der Waals surface area (Å²) in [6.07, 6.45) is 6.18. The monoisotopic (exact) mass is 280 g/mol. The third-order valence-corrected chi connectivity index (χ3v) is 3.26. The molecule has 0 amide bonds. The number of hydrogen-bond donors (Lipinski definition) is 0. The van der Waals surface area contributed by atoms with Gasteiger partial charge in [0.05, 0.1) is 14.2 Å². The van der Waals surface area contributed by atoms with Gasteiger partial charge in [0, 0.05) is 0 Å². The quantitative estimate of drug-likeness (QED) is 0.738. The number of ether oxygens (including phenoxy) is 2. The molecule has 108 valence electrons. The molecule has 0 aliphatic carbocycles. The van der Waals surface area contributed by atoms with E-state index in [1.54, 1.807) is 14.2 Å². The molecule has 0 aliphatic rings. The molecule has 0 unspecified atom stereocenters. The minimum Gasteiger partial charge on any atom is -0.497 e. The zero-order valence-corrected chi connectivity index (χ0v) is 12.7. The molecule has 21 heavy (non-hydrogen) atoms. The predicted molar refractivity (Wildman–Crippen MR) is 87.9 cm³/mol. The summed E-state index contributed by atoms with van der Waals surface area (Å²) < 4.78 is 10.4. The minimum atomic E-state index is 0.860. The Bertz CT molecular complexity index is 570. The van der Waals surface area contributed by atoms with Crippen LogP contribution in [0.15, 0.2) is 66.8 Å². The summed E-state index contributed by atoms with van der Waals surface area (Å²) in [5, 5.41) is 0. The van der Waals surface area contributed by atoms with Gasteiger partial charge in [-0.1, -0.05) is 42.5 Å². The summed E-state index contributed by atoms with van der Waals surface area (Å²) in [4.78, 5) is 0. The van der Waals surface area contributed by atoms with E-state index in [1.165, 1.54) is 5.57 Å². The van der Waals surface area contributed by atoms with Gasteiger partial charge < -0.3 is 9.47 Å². The summed E-state index contributed by atoms with van der Waals surface area (Å²) in [6.45, 7) is 2.01. The fourth-order valence-corrected chi connectivity index (χ4v) is 2.09. The molecule has 2 aromatic rings. The molecule has 2 heteroatoms. The number of allylic oxidation sites excluding steroid dienone is 3. The first-order valence-electron chi connectivity index (χ1n) is 6.90. The van der Waals surface area contributed by atoms with Crippen molar-refractivity contribution in [3.05, 3.63) is 77.9 Å². The smallest absolute Gasteiger partial charge is 0.118 e. The van der Waals surface area contributed by atoms with Crippen molar-refractivity contribution in [1.82, 2.24) is 0 Å². The molecular formula is C19H20O2. The molecule has 2 aromatic carbocycles. The molecule has 0 bridgehead atoms. The Morgan fingerprint density at radius 2 is 1.19 bits per heavy atom. The lowest BCUT2D eigenvalue weighted by atomic mass is 9.97. The molecule has 0 radical (unpaired) electrons. The van der Waals surface area contributed by atoms with E-state index >= 15 is 0 Å². The van der Waals surface area contributed by atoms with E-state index in [1.807, 2.05) is 43.3 Å². The van der Waals surface area contributed by atoms with Crippen LogP contribution < -0.4 is 9.47 Å². The van der Waals surface area contributed by atoms with Gasteiger partial charge >= 0.3 is 0 Å². The molecule has 0 saturated carbocycles. The summed E-state index contributed by atoms with van der Waals surface area (Å²) in [6, 6.07) is 16.2. The number of benzene rings is 2. The van der Waals surface area contributed by atoms with Crippen LogP contribution in [-0.2, 0) is 0 Å². The topological polar surface area (TPSA) is 18.5 Å². The number of rotatable bonds is 5. The SMILES string of the molecule is CC=CC=C(c1ccc(OC)cc1)c1ccc(OC)cc1. The zero-order valence-electron chi connectivity index (χ0n) is 12.7. The van der Waals surface area contributed by atoms with Gasteiger partial charge in [0.1, 0.15) is 11.5 Å². The standard InChI is InChI=1S/C19H20O2/c1-4-5-6-19(15-7-11-17(20-2)12-8-15)16-9-13-18(21-3)14-10-16/h4-14H,1-3H3. The van der Waals surface area contributed by atoms with Crippen molar-refractivity contribution in [1.29, 1.82) is 0 Å². The second-order valence-electron chi connectivity index (χ2n) is 4.56. The summed E-state index contributed by atoms with van der Waals surface area (Å²) in [5.74, 6) is 1.72. The molecule has 0 heterocycles. The molecule has 0 atom stereocenters. The molecular weight excluding hydrogens is 260 g/mol. The lowest BCUT2D eigenvalue weighted by Gasteiger charge is -2.10. The molecule has 2 rings (SSSR count). The Labute approximate surface area is 126 Å². The van der Waals surface area contributed by atoms with Gasteiger partial charge in [0.2, 0.25) is 0 Å². The average Bonchev–Trinajstić information content (AvgIpc) is 2.56. The van der Waals surface area contributed by atoms with Gasteiger partial charge in [0.25, 0.3) is 0 Å². The Morgan fingerprint density at radius 1 is 0.762 bits per heavy atom. The third kappa shape index (κ3) is 3.76. The van der Waals surface area contributed by atoms with Crippen molar-refractivity contribution in [2.45, 2.75) is 6.92 Å². The van der Waals surface area contributed by atoms with Crippen LogP contribution in [0.25, 0.3) is 5.57 Å². The van der Waals surface area contributed by atoms with Crippen LogP contribution in [0.1, 0.15) is 18.1 Å². The highest BCUT2D eigenvalue weighted by Gasteiger charge is 2.05. The van der Waals surface area contributed by atoms with Gasteiger partial charge in [-0.2, -0.15) is 0 Å². The van der Waals surface area contributed by atoms with E-state index < -0.39 is 0 Å². The van der Waals surface area contributed by atoms with Crippen molar-refractivity contribution >= 4 is 5.57 Å². The summed E-state index contributed by atoms with van der Waals surface area (Å²) in [7, 11) is 3.35. The van der Waals surface area contributed by atoms with Crippen LogP contribution in [-0.4, -0.2) is 14.2 Å². The Morgan fingerprint density at radius 3 is 1.52 bits per heavy atom. The maximum Gasteiger partial charge on any atom is 0.118 e. The fraction of sp³-hybridized carbons (Fsp3) is 0.158. The average molecular weight is 280 g/mol. The van der Waals surface area contributed by atoms with Crippen LogP contribution in [0.3, 0.4) is 0 Å². The van der Waals surface area contributed by atoms with E-state index in [9.17, 15) is 0 Å². The first-order chi connectivity index (χ1) is 10.3. The van der Waals surface area contributed by atoms with Gasteiger partial charge in [-0.3, -0.25) is 0 Å². The first-order valence-corrected chi connectivity index (χ1v) is 6.90. The highest BCUT2D eigenvalue weighted by Crippen LogP contribution is 2.27. The number of methoxy groups -OCH3 is 2. The van der Waals surface area contributed by atoms with E-state index in [-0.39, 0.29) is 0 Å².